The molecular weight excluding hydrogens is 352 g/mol. The molecule has 3 rings (SSSR count). The number of nitrogens with one attached hydrogen (secondary N) is 2. The molecule has 144 valence electrons. The van der Waals surface area contributed by atoms with Crippen LogP contribution in [0.15, 0.2) is 59.7 Å². The zero-order chi connectivity index (χ0) is 19.9. The molecule has 0 fully saturated rings. The highest BCUT2D eigenvalue weighted by atomic mass is 16.5. The van der Waals surface area contributed by atoms with Gasteiger partial charge in [0.05, 0.1) is 18.5 Å². The summed E-state index contributed by atoms with van der Waals surface area (Å²) in [5.74, 6) is 0.936. The van der Waals surface area contributed by atoms with Crippen LogP contribution in [0, 0.1) is 0 Å². The Morgan fingerprint density at radius 3 is 2.54 bits per heavy atom. The topological polar surface area (TPSA) is 79.4 Å². The lowest BCUT2D eigenvalue weighted by Crippen LogP contribution is -2.18. The van der Waals surface area contributed by atoms with Crippen molar-refractivity contribution in [3.63, 3.8) is 0 Å². The fourth-order valence-corrected chi connectivity index (χ4v) is 2.67. The number of amides is 1. The molecule has 0 aliphatic heterocycles. The lowest BCUT2D eigenvalue weighted by Gasteiger charge is -2.04. The Morgan fingerprint density at radius 2 is 1.89 bits per heavy atom. The molecule has 0 radical (unpaired) electrons. The molecule has 0 bridgehead atoms. The van der Waals surface area contributed by atoms with E-state index in [9.17, 15) is 4.79 Å². The Balaban J connectivity index is 1.60. The number of aromatic nitrogens is 2. The molecule has 2 aromatic carbocycles. The first-order chi connectivity index (χ1) is 13.6. The van der Waals surface area contributed by atoms with Gasteiger partial charge in [-0.05, 0) is 54.3 Å². The Bertz CT molecular complexity index is 941. The van der Waals surface area contributed by atoms with E-state index in [1.807, 2.05) is 43.3 Å². The molecule has 0 saturated heterocycles. The minimum absolute atomic E-state index is 0.344. The van der Waals surface area contributed by atoms with Gasteiger partial charge in [-0.15, -0.1) is 0 Å². The molecule has 6 nitrogen and oxygen atoms in total. The van der Waals surface area contributed by atoms with Crippen LogP contribution in [0.25, 0.3) is 11.3 Å². The Kier molecular flexibility index (Phi) is 6.22. The van der Waals surface area contributed by atoms with Crippen molar-refractivity contribution in [3.8, 4) is 17.0 Å². The van der Waals surface area contributed by atoms with Gasteiger partial charge in [-0.1, -0.05) is 38.1 Å². The lowest BCUT2D eigenvalue weighted by molar-refractivity contribution is 0.0950. The van der Waals surface area contributed by atoms with Gasteiger partial charge < -0.3 is 4.74 Å². The zero-order valence-corrected chi connectivity index (χ0v) is 16.3. The number of hydrazone groups is 1. The van der Waals surface area contributed by atoms with Gasteiger partial charge in [0.15, 0.2) is 0 Å². The van der Waals surface area contributed by atoms with Crippen molar-refractivity contribution in [1.29, 1.82) is 0 Å². The number of rotatable bonds is 7. The van der Waals surface area contributed by atoms with Crippen LogP contribution in [0.5, 0.6) is 5.75 Å². The maximum absolute atomic E-state index is 12.2. The number of aromatic amines is 1. The van der Waals surface area contributed by atoms with E-state index in [1.54, 1.807) is 12.3 Å². The Labute approximate surface area is 164 Å². The predicted octanol–water partition coefficient (Wildman–Crippen LogP) is 4.36. The largest absolute Gasteiger partial charge is 0.494 e. The van der Waals surface area contributed by atoms with Crippen LogP contribution < -0.4 is 10.2 Å². The molecular formula is C22H24N4O2. The van der Waals surface area contributed by atoms with Gasteiger partial charge in [-0.3, -0.25) is 9.89 Å². The molecule has 0 atom stereocenters. The Morgan fingerprint density at radius 1 is 1.18 bits per heavy atom. The monoisotopic (exact) mass is 376 g/mol. The van der Waals surface area contributed by atoms with Crippen LogP contribution in [0.2, 0.25) is 0 Å². The van der Waals surface area contributed by atoms with Gasteiger partial charge in [-0.2, -0.15) is 10.2 Å². The lowest BCUT2D eigenvalue weighted by atomic mass is 10.0. The highest BCUT2D eigenvalue weighted by Gasteiger charge is 2.10. The van der Waals surface area contributed by atoms with Crippen molar-refractivity contribution in [2.75, 3.05) is 6.61 Å². The van der Waals surface area contributed by atoms with E-state index in [2.05, 4.69) is 46.7 Å². The molecule has 28 heavy (non-hydrogen) atoms. The summed E-state index contributed by atoms with van der Waals surface area (Å²) in [6.07, 6.45) is 1.62. The van der Waals surface area contributed by atoms with E-state index in [0.29, 0.717) is 23.9 Å². The smallest absolute Gasteiger partial charge is 0.289 e. The van der Waals surface area contributed by atoms with Crippen molar-refractivity contribution in [2.24, 2.45) is 5.10 Å². The molecule has 1 amide bonds. The first kappa shape index (κ1) is 19.4. The number of H-pyrrole nitrogens is 1. The number of hydrogen-bond acceptors (Lipinski definition) is 4. The van der Waals surface area contributed by atoms with Crippen molar-refractivity contribution < 1.29 is 9.53 Å². The second-order valence-electron chi connectivity index (χ2n) is 6.64. The van der Waals surface area contributed by atoms with Crippen LogP contribution in [0.4, 0.5) is 0 Å². The van der Waals surface area contributed by atoms with Crippen LogP contribution >= 0.6 is 0 Å². The van der Waals surface area contributed by atoms with Gasteiger partial charge in [0.2, 0.25) is 0 Å². The molecule has 0 saturated carbocycles. The van der Waals surface area contributed by atoms with Crippen LogP contribution in [0.1, 0.15) is 48.3 Å². The van der Waals surface area contributed by atoms with Crippen molar-refractivity contribution >= 4 is 12.1 Å². The van der Waals surface area contributed by atoms with Gasteiger partial charge >= 0.3 is 0 Å². The fourth-order valence-electron chi connectivity index (χ4n) is 2.67. The molecule has 1 aromatic heterocycles. The van der Waals surface area contributed by atoms with E-state index in [-0.39, 0.29) is 5.91 Å². The summed E-state index contributed by atoms with van der Waals surface area (Å²) >= 11 is 0. The quantitative estimate of drug-likeness (QED) is 0.475. The van der Waals surface area contributed by atoms with Crippen molar-refractivity contribution in [2.45, 2.75) is 26.7 Å². The van der Waals surface area contributed by atoms with E-state index in [1.165, 1.54) is 5.56 Å². The normalized spacial score (nSPS) is 11.1. The maximum Gasteiger partial charge on any atom is 0.289 e. The summed E-state index contributed by atoms with van der Waals surface area (Å²) in [5, 5.41) is 11.0. The predicted molar refractivity (Wildman–Crippen MR) is 111 cm³/mol. The first-order valence-electron chi connectivity index (χ1n) is 9.29. The minimum atomic E-state index is -0.347. The van der Waals surface area contributed by atoms with Gasteiger partial charge in [0.25, 0.3) is 5.91 Å². The van der Waals surface area contributed by atoms with Gasteiger partial charge in [0.1, 0.15) is 11.4 Å². The summed E-state index contributed by atoms with van der Waals surface area (Å²) in [6, 6.07) is 17.3. The molecule has 1 heterocycles. The fraction of sp³-hybridized carbons (Fsp3) is 0.227. The molecule has 0 spiro atoms. The Hall–Kier alpha value is -3.41. The van der Waals surface area contributed by atoms with Crippen molar-refractivity contribution in [3.05, 3.63) is 71.4 Å². The van der Waals surface area contributed by atoms with Crippen molar-refractivity contribution in [1.82, 2.24) is 15.6 Å². The number of ether oxygens (including phenoxy) is 1. The minimum Gasteiger partial charge on any atom is -0.494 e. The summed E-state index contributed by atoms with van der Waals surface area (Å²) in [6.45, 7) is 6.86. The third-order valence-electron chi connectivity index (χ3n) is 4.27. The molecule has 0 aliphatic rings. The highest BCUT2D eigenvalue weighted by Crippen LogP contribution is 2.21. The molecule has 0 unspecified atom stereocenters. The first-order valence-corrected chi connectivity index (χ1v) is 9.29. The van der Waals surface area contributed by atoms with E-state index >= 15 is 0 Å². The number of nitrogens with zero attached hydrogens (tertiary/aromatic N) is 2. The zero-order valence-electron chi connectivity index (χ0n) is 16.3. The highest BCUT2D eigenvalue weighted by molar-refractivity contribution is 5.94. The van der Waals surface area contributed by atoms with Crippen LogP contribution in [0.3, 0.4) is 0 Å². The number of carbonyl (C=O) groups is 1. The number of benzene rings is 2. The standard InChI is InChI=1S/C22H24N4O2/c1-4-28-19-11-9-18(10-12-19)20-13-21(25-24-20)22(27)26-23-14-16-5-7-17(8-6-16)15(2)3/h5-15H,4H2,1-3H3,(H,24,25)(H,26,27). The average molecular weight is 376 g/mol. The van der Waals surface area contributed by atoms with Gasteiger partial charge in [0, 0.05) is 5.56 Å². The second-order valence-corrected chi connectivity index (χ2v) is 6.64. The number of hydrogen-bond donors (Lipinski definition) is 2. The molecule has 2 N–H and O–H groups in total. The summed E-state index contributed by atoms with van der Waals surface area (Å²) in [5.41, 5.74) is 6.62. The SMILES string of the molecule is CCOc1ccc(-c2cc(C(=O)NN=Cc3ccc(C(C)C)cc3)[nH]n2)cc1. The second kappa shape index (κ2) is 8.99. The molecule has 6 heteroatoms. The molecule has 3 aromatic rings. The van der Waals surface area contributed by atoms with E-state index < -0.39 is 0 Å². The summed E-state index contributed by atoms with van der Waals surface area (Å²) in [4.78, 5) is 12.2. The summed E-state index contributed by atoms with van der Waals surface area (Å²) in [7, 11) is 0. The third-order valence-corrected chi connectivity index (χ3v) is 4.27. The van der Waals surface area contributed by atoms with E-state index in [4.69, 9.17) is 4.74 Å². The number of carbonyl (C=O) groups excluding carboxylic acids is 1. The van der Waals surface area contributed by atoms with E-state index in [0.717, 1.165) is 16.9 Å². The third kappa shape index (κ3) is 4.85. The van der Waals surface area contributed by atoms with Crippen LogP contribution in [-0.4, -0.2) is 28.9 Å². The summed E-state index contributed by atoms with van der Waals surface area (Å²) < 4.78 is 5.43. The van der Waals surface area contributed by atoms with Crippen LogP contribution in [-0.2, 0) is 0 Å². The maximum atomic E-state index is 12.2. The molecule has 0 aliphatic carbocycles. The van der Waals surface area contributed by atoms with Gasteiger partial charge in [-0.25, -0.2) is 5.43 Å². The average Bonchev–Trinajstić information content (AvgIpc) is 3.19.